The first-order valence-corrected chi connectivity index (χ1v) is 10.8. The third-order valence-electron chi connectivity index (χ3n) is 2.59. The second kappa shape index (κ2) is 6.64. The number of benzene rings is 1. The lowest BCUT2D eigenvalue weighted by Gasteiger charge is -2.17. The van der Waals surface area contributed by atoms with E-state index in [9.17, 15) is 21.6 Å². The van der Waals surface area contributed by atoms with E-state index in [2.05, 4.69) is 15.9 Å². The average molecular weight is 419 g/mol. The largest absolute Gasteiger partial charge is 0.341 e. The highest BCUT2D eigenvalue weighted by molar-refractivity contribution is 9.10. The normalized spacial score (nSPS) is 12.2. The van der Waals surface area contributed by atoms with Crippen molar-refractivity contribution in [3.8, 4) is 0 Å². The Labute approximate surface area is 136 Å². The molecule has 0 spiro atoms. The Hall–Kier alpha value is -0.640. The number of carbonyl (C=O) groups excluding carboxylic acids is 1. The molecule has 10 heteroatoms. The number of rotatable bonds is 5. The predicted molar refractivity (Wildman–Crippen MR) is 83.9 cm³/mol. The van der Waals surface area contributed by atoms with Crippen molar-refractivity contribution in [2.75, 3.05) is 25.6 Å². The second-order valence-corrected chi connectivity index (χ2v) is 10.1. The molecular weight excluding hydrogens is 406 g/mol. The minimum Gasteiger partial charge on any atom is -0.341 e. The molecule has 0 aromatic heterocycles. The summed E-state index contributed by atoms with van der Waals surface area (Å²) in [6.45, 7) is 0.00194. The van der Waals surface area contributed by atoms with E-state index in [1.54, 1.807) is 0 Å². The summed E-state index contributed by atoms with van der Waals surface area (Å²) in [6.07, 6.45) is 1.07. The number of hydrogen-bond donors (Lipinski definition) is 0. The molecule has 1 amide bonds. The van der Waals surface area contributed by atoms with Gasteiger partial charge in [-0.2, -0.15) is 0 Å². The summed E-state index contributed by atoms with van der Waals surface area (Å²) in [4.78, 5) is 13.2. The van der Waals surface area contributed by atoms with Crippen LogP contribution in [0.2, 0.25) is 0 Å². The van der Waals surface area contributed by atoms with E-state index in [1.165, 1.54) is 24.1 Å². The maximum atomic E-state index is 12.2. The molecule has 0 N–H and O–H groups in total. The first-order valence-electron chi connectivity index (χ1n) is 5.59. The summed E-state index contributed by atoms with van der Waals surface area (Å²) in [7, 11) is -0.478. The van der Waals surface area contributed by atoms with Gasteiger partial charge in [-0.3, -0.25) is 4.79 Å². The lowest BCUT2D eigenvalue weighted by atomic mass is 10.2. The predicted octanol–water partition coefficient (Wildman–Crippen LogP) is 1.49. The van der Waals surface area contributed by atoms with Crippen LogP contribution in [0.4, 0.5) is 0 Å². The summed E-state index contributed by atoms with van der Waals surface area (Å²) in [6, 6.07) is 3.80. The quantitative estimate of drug-likeness (QED) is 0.676. The zero-order valence-corrected chi connectivity index (χ0v) is 15.2. The van der Waals surface area contributed by atoms with Crippen molar-refractivity contribution in [1.29, 1.82) is 0 Å². The van der Waals surface area contributed by atoms with Crippen molar-refractivity contribution in [1.82, 2.24) is 4.90 Å². The fourth-order valence-corrected chi connectivity index (χ4v) is 3.23. The van der Waals surface area contributed by atoms with Crippen LogP contribution in [0, 0.1) is 0 Å². The molecule has 1 rings (SSSR count). The van der Waals surface area contributed by atoms with Gasteiger partial charge in [-0.15, -0.1) is 0 Å². The van der Waals surface area contributed by atoms with Crippen LogP contribution < -0.4 is 0 Å². The number of hydrogen-bond acceptors (Lipinski definition) is 5. The smallest absolute Gasteiger partial charge is 0.261 e. The van der Waals surface area contributed by atoms with Crippen LogP contribution in [0.3, 0.4) is 0 Å². The summed E-state index contributed by atoms with van der Waals surface area (Å²) in [5, 5.41) is 0. The number of carbonyl (C=O) groups is 1. The van der Waals surface area contributed by atoms with Crippen molar-refractivity contribution in [3.63, 3.8) is 0 Å². The molecule has 118 valence electrons. The van der Waals surface area contributed by atoms with Gasteiger partial charge in [0.05, 0.1) is 16.2 Å². The van der Waals surface area contributed by atoms with Gasteiger partial charge in [-0.25, -0.2) is 16.8 Å². The Morgan fingerprint density at radius 1 is 1.29 bits per heavy atom. The lowest BCUT2D eigenvalue weighted by molar-refractivity contribution is 0.0802. The second-order valence-electron chi connectivity index (χ2n) is 4.44. The van der Waals surface area contributed by atoms with Crippen LogP contribution in [0.15, 0.2) is 27.6 Å². The maximum absolute atomic E-state index is 12.2. The molecule has 0 heterocycles. The van der Waals surface area contributed by atoms with Gasteiger partial charge in [0.25, 0.3) is 15.0 Å². The number of amides is 1. The number of sulfone groups is 1. The van der Waals surface area contributed by atoms with E-state index in [0.717, 1.165) is 12.3 Å². The molecular formula is C11H13BrClNO5S2. The van der Waals surface area contributed by atoms with Gasteiger partial charge in [0.15, 0.2) is 0 Å². The van der Waals surface area contributed by atoms with Crippen LogP contribution in [0.1, 0.15) is 10.4 Å². The zero-order chi connectivity index (χ0) is 16.4. The molecule has 0 aliphatic carbocycles. The molecule has 0 radical (unpaired) electrons. The minimum absolute atomic E-state index is 0.00194. The SMILES string of the molecule is CN(CCS(C)(=O)=O)C(=O)c1cc(S(=O)(=O)Cl)ccc1Br. The Bertz CT molecular complexity index is 761. The molecule has 21 heavy (non-hydrogen) atoms. The maximum Gasteiger partial charge on any atom is 0.261 e. The third-order valence-corrected chi connectivity index (χ3v) is 5.56. The molecule has 0 unspecified atom stereocenters. The fraction of sp³-hybridized carbons (Fsp3) is 0.364. The highest BCUT2D eigenvalue weighted by Crippen LogP contribution is 2.24. The Balaban J connectivity index is 3.07. The first kappa shape index (κ1) is 18.4. The van der Waals surface area contributed by atoms with Crippen LogP contribution in [-0.4, -0.2) is 53.2 Å². The summed E-state index contributed by atoms with van der Waals surface area (Å²) in [5.41, 5.74) is 0.0905. The molecule has 1 aromatic carbocycles. The highest BCUT2D eigenvalue weighted by Gasteiger charge is 2.20. The molecule has 1 aromatic rings. The van der Waals surface area contributed by atoms with E-state index in [4.69, 9.17) is 10.7 Å². The van der Waals surface area contributed by atoms with Crippen LogP contribution in [0.5, 0.6) is 0 Å². The first-order chi connectivity index (χ1) is 9.42. The van der Waals surface area contributed by atoms with Gasteiger partial charge in [-0.05, 0) is 34.1 Å². The molecule has 6 nitrogen and oxygen atoms in total. The van der Waals surface area contributed by atoms with E-state index < -0.39 is 24.8 Å². The standard InChI is InChI=1S/C11H13BrClNO5S2/c1-14(5-6-20(2,16)17)11(15)9-7-8(21(13,18)19)3-4-10(9)12/h3-4,7H,5-6H2,1-2H3. The van der Waals surface area contributed by atoms with Gasteiger partial charge in [-0.1, -0.05) is 0 Å². The summed E-state index contributed by atoms with van der Waals surface area (Å²) in [5.74, 6) is -0.687. The molecule has 0 saturated carbocycles. The van der Waals surface area contributed by atoms with Crippen molar-refractivity contribution in [2.45, 2.75) is 4.90 Å². The van der Waals surface area contributed by atoms with Gasteiger partial charge < -0.3 is 4.90 Å². The Kier molecular flexibility index (Phi) is 5.82. The van der Waals surface area contributed by atoms with Crippen molar-refractivity contribution in [3.05, 3.63) is 28.2 Å². The summed E-state index contributed by atoms with van der Waals surface area (Å²) < 4.78 is 45.2. The van der Waals surface area contributed by atoms with Crippen LogP contribution in [-0.2, 0) is 18.9 Å². The average Bonchev–Trinajstić information content (AvgIpc) is 2.33. The molecule has 0 bridgehead atoms. The van der Waals surface area contributed by atoms with Crippen molar-refractivity contribution >= 4 is 51.4 Å². The van der Waals surface area contributed by atoms with Crippen molar-refractivity contribution in [2.24, 2.45) is 0 Å². The van der Waals surface area contributed by atoms with E-state index in [0.29, 0.717) is 4.47 Å². The zero-order valence-electron chi connectivity index (χ0n) is 11.2. The van der Waals surface area contributed by atoms with Gasteiger partial charge in [0.2, 0.25) is 0 Å². The van der Waals surface area contributed by atoms with Crippen LogP contribution in [0.25, 0.3) is 0 Å². The van der Waals surface area contributed by atoms with Gasteiger partial charge in [0.1, 0.15) is 9.84 Å². The van der Waals surface area contributed by atoms with E-state index in [-0.39, 0.29) is 22.8 Å². The minimum atomic E-state index is -3.95. The van der Waals surface area contributed by atoms with Gasteiger partial charge >= 0.3 is 0 Å². The number of nitrogens with zero attached hydrogens (tertiary/aromatic N) is 1. The topological polar surface area (TPSA) is 88.6 Å². The van der Waals surface area contributed by atoms with Crippen molar-refractivity contribution < 1.29 is 21.6 Å². The Morgan fingerprint density at radius 3 is 2.33 bits per heavy atom. The lowest BCUT2D eigenvalue weighted by Crippen LogP contribution is -2.31. The van der Waals surface area contributed by atoms with E-state index in [1.807, 2.05) is 0 Å². The van der Waals surface area contributed by atoms with Crippen LogP contribution >= 0.6 is 26.6 Å². The van der Waals surface area contributed by atoms with E-state index >= 15 is 0 Å². The molecule has 0 fully saturated rings. The molecule has 0 aliphatic heterocycles. The number of halogens is 2. The monoisotopic (exact) mass is 417 g/mol. The van der Waals surface area contributed by atoms with Gasteiger partial charge in [0, 0.05) is 35.0 Å². The molecule has 0 atom stereocenters. The Morgan fingerprint density at radius 2 is 1.86 bits per heavy atom. The third kappa shape index (κ3) is 5.57. The highest BCUT2D eigenvalue weighted by atomic mass is 79.9. The fourth-order valence-electron chi connectivity index (χ4n) is 1.43. The summed E-state index contributed by atoms with van der Waals surface area (Å²) >= 11 is 3.15. The molecule has 0 aliphatic rings. The molecule has 0 saturated heterocycles.